The summed E-state index contributed by atoms with van der Waals surface area (Å²) < 4.78 is 0. The van der Waals surface area contributed by atoms with Crippen LogP contribution in [0.4, 0.5) is 5.69 Å². The van der Waals surface area contributed by atoms with Crippen molar-refractivity contribution in [1.29, 1.82) is 0 Å². The molecule has 1 atom stereocenters. The number of hydrogen-bond donors (Lipinski definition) is 1. The minimum atomic E-state index is -0.422. The fourth-order valence-electron chi connectivity index (χ4n) is 3.58. The number of nitrogens with one attached hydrogen (secondary N) is 1. The summed E-state index contributed by atoms with van der Waals surface area (Å²) in [5.41, 5.74) is 3.57. The van der Waals surface area contributed by atoms with Crippen LogP contribution in [0.15, 0.2) is 23.8 Å². The summed E-state index contributed by atoms with van der Waals surface area (Å²) in [5, 5.41) is 2.84. The Kier molecular flexibility index (Phi) is 5.95. The molecule has 0 aliphatic carbocycles. The average Bonchev–Trinajstić information content (AvgIpc) is 3.05. The second kappa shape index (κ2) is 8.21. The number of fused-ring (bicyclic) bond motifs is 1. The van der Waals surface area contributed by atoms with E-state index in [9.17, 15) is 9.59 Å². The minimum absolute atomic E-state index is 0.0545. The maximum atomic E-state index is 12.9. The molecule has 1 N–H and O–H groups in total. The van der Waals surface area contributed by atoms with Crippen LogP contribution in [0.25, 0.3) is 6.08 Å². The predicted octanol–water partition coefficient (Wildman–Crippen LogP) is 3.27. The molecule has 144 valence electrons. The molecule has 1 aromatic carbocycles. The van der Waals surface area contributed by atoms with Gasteiger partial charge in [-0.1, -0.05) is 26.3 Å². The van der Waals surface area contributed by atoms with Crippen LogP contribution in [0.5, 0.6) is 0 Å². The topological polar surface area (TPSA) is 52.7 Å². The molecule has 2 amide bonds. The van der Waals surface area contributed by atoms with Gasteiger partial charge in [0.2, 0.25) is 0 Å². The van der Waals surface area contributed by atoms with Crippen molar-refractivity contribution in [3.8, 4) is 0 Å². The first-order valence-corrected chi connectivity index (χ1v) is 10.2. The van der Waals surface area contributed by atoms with E-state index in [4.69, 9.17) is 12.2 Å². The van der Waals surface area contributed by atoms with Crippen molar-refractivity contribution in [1.82, 2.24) is 10.2 Å². The van der Waals surface area contributed by atoms with E-state index in [-0.39, 0.29) is 22.6 Å². The Hall–Kier alpha value is -2.21. The monoisotopic (exact) mass is 385 g/mol. The number of amides is 2. The van der Waals surface area contributed by atoms with Gasteiger partial charge in [-0.2, -0.15) is 0 Å². The molecule has 3 rings (SSSR count). The summed E-state index contributed by atoms with van der Waals surface area (Å²) in [4.78, 5) is 29.1. The van der Waals surface area contributed by atoms with Crippen LogP contribution in [0.2, 0.25) is 0 Å². The van der Waals surface area contributed by atoms with Gasteiger partial charge in [-0.15, -0.1) is 0 Å². The molecule has 2 aliphatic rings. The average molecular weight is 386 g/mol. The Morgan fingerprint density at radius 3 is 2.78 bits per heavy atom. The van der Waals surface area contributed by atoms with Gasteiger partial charge < -0.3 is 4.90 Å². The lowest BCUT2D eigenvalue weighted by atomic mass is 10.0. The van der Waals surface area contributed by atoms with Crippen molar-refractivity contribution in [3.63, 3.8) is 0 Å². The molecule has 0 spiro atoms. The van der Waals surface area contributed by atoms with E-state index in [0.29, 0.717) is 0 Å². The first kappa shape index (κ1) is 19.5. The lowest BCUT2D eigenvalue weighted by molar-refractivity contribution is -0.130. The zero-order valence-corrected chi connectivity index (χ0v) is 17.1. The molecule has 1 fully saturated rings. The second-order valence-electron chi connectivity index (χ2n) is 7.23. The molecule has 6 heteroatoms. The summed E-state index contributed by atoms with van der Waals surface area (Å²) in [5.74, 6) is -0.738. The quantitative estimate of drug-likeness (QED) is 0.464. The fraction of sp³-hybridized carbons (Fsp3) is 0.476. The predicted molar refractivity (Wildman–Crippen MR) is 113 cm³/mol. The van der Waals surface area contributed by atoms with Gasteiger partial charge >= 0.3 is 0 Å². The molecule has 0 aromatic heterocycles. The first-order valence-electron chi connectivity index (χ1n) is 9.74. The maximum Gasteiger partial charge on any atom is 0.265 e. The van der Waals surface area contributed by atoms with E-state index in [1.54, 1.807) is 6.08 Å². The van der Waals surface area contributed by atoms with E-state index < -0.39 is 5.91 Å². The SMILES string of the molecule is CCCCN1CCc2cc(/C=C3\C(=O)NC(=S)N([C@@H](C)CC)C3=O)ccc21. The molecular weight excluding hydrogens is 358 g/mol. The number of nitrogens with zero attached hydrogens (tertiary/aromatic N) is 2. The summed E-state index contributed by atoms with van der Waals surface area (Å²) in [6, 6.07) is 6.13. The molecule has 2 aliphatic heterocycles. The molecule has 1 aromatic rings. The van der Waals surface area contributed by atoms with Gasteiger partial charge in [0.25, 0.3) is 11.8 Å². The van der Waals surface area contributed by atoms with Crippen molar-refractivity contribution in [2.45, 2.75) is 52.5 Å². The third-order valence-corrected chi connectivity index (χ3v) is 5.65. The number of carbonyl (C=O) groups excluding carboxylic acids is 2. The zero-order chi connectivity index (χ0) is 19.6. The number of unbranched alkanes of at least 4 members (excludes halogenated alkanes) is 1. The van der Waals surface area contributed by atoms with Crippen molar-refractivity contribution >= 4 is 40.9 Å². The van der Waals surface area contributed by atoms with Crippen LogP contribution < -0.4 is 10.2 Å². The van der Waals surface area contributed by atoms with Gasteiger partial charge in [-0.3, -0.25) is 19.8 Å². The van der Waals surface area contributed by atoms with Crippen molar-refractivity contribution in [2.24, 2.45) is 0 Å². The number of anilines is 1. The third-order valence-electron chi connectivity index (χ3n) is 5.35. The van der Waals surface area contributed by atoms with Crippen LogP contribution in [-0.2, 0) is 16.0 Å². The van der Waals surface area contributed by atoms with Gasteiger partial charge in [-0.05, 0) is 67.7 Å². The Morgan fingerprint density at radius 1 is 1.30 bits per heavy atom. The lowest BCUT2D eigenvalue weighted by Crippen LogP contribution is -2.56. The second-order valence-corrected chi connectivity index (χ2v) is 7.62. The molecule has 2 heterocycles. The highest BCUT2D eigenvalue weighted by Crippen LogP contribution is 2.30. The van der Waals surface area contributed by atoms with Gasteiger partial charge in [0.1, 0.15) is 5.57 Å². The van der Waals surface area contributed by atoms with Crippen molar-refractivity contribution in [3.05, 3.63) is 34.9 Å². The molecule has 5 nitrogen and oxygen atoms in total. The molecule has 0 bridgehead atoms. The maximum absolute atomic E-state index is 12.9. The van der Waals surface area contributed by atoms with Crippen LogP contribution in [-0.4, -0.2) is 41.0 Å². The zero-order valence-electron chi connectivity index (χ0n) is 16.2. The molecule has 27 heavy (non-hydrogen) atoms. The van der Waals surface area contributed by atoms with Crippen molar-refractivity contribution < 1.29 is 9.59 Å². The molecular formula is C21H27N3O2S. The summed E-state index contributed by atoms with van der Waals surface area (Å²) >= 11 is 5.19. The summed E-state index contributed by atoms with van der Waals surface area (Å²) in [6.45, 7) is 8.23. The highest BCUT2D eigenvalue weighted by molar-refractivity contribution is 7.80. The van der Waals surface area contributed by atoms with Gasteiger partial charge in [0, 0.05) is 24.8 Å². The normalized spacial score (nSPS) is 19.5. The molecule has 0 unspecified atom stereocenters. The Bertz CT molecular complexity index is 803. The number of carbonyl (C=O) groups is 2. The lowest BCUT2D eigenvalue weighted by Gasteiger charge is -2.33. The van der Waals surface area contributed by atoms with E-state index in [1.807, 2.05) is 19.9 Å². The number of thiocarbonyl (C=S) groups is 1. The highest BCUT2D eigenvalue weighted by Gasteiger charge is 2.35. The number of rotatable bonds is 6. The van der Waals surface area contributed by atoms with E-state index in [2.05, 4.69) is 29.3 Å². The minimum Gasteiger partial charge on any atom is -0.371 e. The Labute approximate surface area is 166 Å². The molecule has 1 saturated heterocycles. The summed E-state index contributed by atoms with van der Waals surface area (Å²) in [6.07, 6.45) is 5.82. The first-order chi connectivity index (χ1) is 13.0. The Balaban J connectivity index is 1.86. The highest BCUT2D eigenvalue weighted by atomic mass is 32.1. The standard InChI is InChI=1S/C21H27N3O2S/c1-4-6-10-23-11-9-16-12-15(7-8-18(16)23)13-17-19(25)22-21(27)24(20(17)26)14(3)5-2/h7-8,12-14H,4-6,9-11H2,1-3H3,(H,22,25,27)/b17-13+/t14-/m0/s1. The largest absolute Gasteiger partial charge is 0.371 e. The Morgan fingerprint density at radius 2 is 2.07 bits per heavy atom. The van der Waals surface area contributed by atoms with Crippen molar-refractivity contribution in [2.75, 3.05) is 18.0 Å². The van der Waals surface area contributed by atoms with Gasteiger partial charge in [0.05, 0.1) is 0 Å². The molecule has 0 radical (unpaired) electrons. The van der Waals surface area contributed by atoms with Crippen LogP contribution in [0.1, 0.15) is 51.2 Å². The van der Waals surface area contributed by atoms with Crippen LogP contribution in [0.3, 0.4) is 0 Å². The van der Waals surface area contributed by atoms with Gasteiger partial charge in [-0.25, -0.2) is 0 Å². The third kappa shape index (κ3) is 3.90. The van der Waals surface area contributed by atoms with Crippen LogP contribution in [0, 0.1) is 0 Å². The molecule has 0 saturated carbocycles. The fourth-order valence-corrected chi connectivity index (χ4v) is 3.94. The van der Waals surface area contributed by atoms with Gasteiger partial charge in [0.15, 0.2) is 5.11 Å². The number of hydrogen-bond acceptors (Lipinski definition) is 4. The smallest absolute Gasteiger partial charge is 0.265 e. The van der Waals surface area contributed by atoms with E-state index >= 15 is 0 Å². The summed E-state index contributed by atoms with van der Waals surface area (Å²) in [7, 11) is 0. The van der Waals surface area contributed by atoms with E-state index in [1.165, 1.54) is 29.0 Å². The van der Waals surface area contributed by atoms with Crippen LogP contribution >= 0.6 is 12.2 Å². The van der Waals surface area contributed by atoms with E-state index in [0.717, 1.165) is 31.5 Å². The number of benzene rings is 1.